The number of nitrogens with one attached hydrogen (secondary N) is 2. The van der Waals surface area contributed by atoms with Crippen molar-refractivity contribution in [3.63, 3.8) is 0 Å². The van der Waals surface area contributed by atoms with Crippen molar-refractivity contribution in [2.75, 3.05) is 22.3 Å². The van der Waals surface area contributed by atoms with Crippen molar-refractivity contribution in [1.82, 2.24) is 14.9 Å². The number of nitrogens with two attached hydrogens (primary N) is 1. The van der Waals surface area contributed by atoms with Crippen molar-refractivity contribution in [1.29, 1.82) is 0 Å². The lowest BCUT2D eigenvalue weighted by molar-refractivity contribution is -0.383. The van der Waals surface area contributed by atoms with Crippen LogP contribution in [0.1, 0.15) is 5.76 Å². The van der Waals surface area contributed by atoms with Crippen LogP contribution in [0.2, 0.25) is 0 Å². The number of hydrogen-bond acceptors (Lipinski definition) is 10. The summed E-state index contributed by atoms with van der Waals surface area (Å²) in [6.07, 6.45) is 2.94. The van der Waals surface area contributed by atoms with Gasteiger partial charge in [-0.2, -0.15) is 5.10 Å². The Balaban J connectivity index is 1.55. The minimum Gasteiger partial charge on any atom is -0.463 e. The molecule has 13 heteroatoms. The van der Waals surface area contributed by atoms with Crippen LogP contribution in [0.3, 0.4) is 0 Å². The predicted molar refractivity (Wildman–Crippen MR) is 103 cm³/mol. The molecule has 0 bridgehead atoms. The number of rotatable bonds is 8. The molecule has 0 aliphatic heterocycles. The number of hydrazone groups is 1. The standard InChI is InChI=1S/C15H14N8O4S/c16-22-14(19-17-8-10-4-3-7-27-10)20-21-15(22)28-9-13(24)18-11-5-1-2-6-12(11)23(25)26/h1-8H,9,16H2,(H,18,24)(H,19,20)/b17-8+. The molecule has 0 saturated carbocycles. The molecule has 0 fully saturated rings. The molecule has 0 atom stereocenters. The second-order valence-electron chi connectivity index (χ2n) is 5.17. The summed E-state index contributed by atoms with van der Waals surface area (Å²) in [5, 5.41) is 25.3. The number of nitro groups is 1. The molecular formula is C15H14N8O4S. The molecule has 1 amide bonds. The van der Waals surface area contributed by atoms with E-state index in [0.29, 0.717) is 5.76 Å². The zero-order chi connectivity index (χ0) is 19.9. The molecule has 1 aromatic carbocycles. The first-order valence-electron chi connectivity index (χ1n) is 7.73. The summed E-state index contributed by atoms with van der Waals surface area (Å²) in [6, 6.07) is 9.30. The van der Waals surface area contributed by atoms with Gasteiger partial charge in [-0.15, -0.1) is 10.2 Å². The number of thioether (sulfide) groups is 1. The second kappa shape index (κ2) is 8.68. The first-order valence-corrected chi connectivity index (χ1v) is 8.72. The van der Waals surface area contributed by atoms with E-state index in [4.69, 9.17) is 10.3 Å². The van der Waals surface area contributed by atoms with Crippen LogP contribution in [-0.2, 0) is 4.79 Å². The number of furan rings is 1. The molecule has 0 aliphatic carbocycles. The maximum atomic E-state index is 12.1. The minimum absolute atomic E-state index is 0.0724. The fourth-order valence-corrected chi connectivity index (χ4v) is 2.68. The number of nitrogen functional groups attached to an aromatic ring is 1. The Morgan fingerprint density at radius 2 is 2.18 bits per heavy atom. The molecule has 2 aromatic heterocycles. The quantitative estimate of drug-likeness (QED) is 0.167. The number of aromatic nitrogens is 3. The maximum Gasteiger partial charge on any atom is 0.292 e. The lowest BCUT2D eigenvalue weighted by Gasteiger charge is -2.05. The van der Waals surface area contributed by atoms with Gasteiger partial charge in [-0.25, -0.2) is 10.1 Å². The topological polar surface area (TPSA) is 166 Å². The summed E-state index contributed by atoms with van der Waals surface area (Å²) in [6.45, 7) is 0. The van der Waals surface area contributed by atoms with E-state index in [0.717, 1.165) is 16.4 Å². The highest BCUT2D eigenvalue weighted by atomic mass is 32.2. The van der Waals surface area contributed by atoms with Crippen molar-refractivity contribution in [3.8, 4) is 0 Å². The molecule has 0 saturated heterocycles. The van der Waals surface area contributed by atoms with Crippen LogP contribution in [0.4, 0.5) is 17.3 Å². The Bertz CT molecular complexity index is 1000. The predicted octanol–water partition coefficient (Wildman–Crippen LogP) is 1.67. The third kappa shape index (κ3) is 4.64. The molecule has 4 N–H and O–H groups in total. The van der Waals surface area contributed by atoms with Crippen LogP contribution in [0.5, 0.6) is 0 Å². The third-order valence-corrected chi connectivity index (χ3v) is 4.21. The molecular weight excluding hydrogens is 388 g/mol. The summed E-state index contributed by atoms with van der Waals surface area (Å²) in [4.78, 5) is 22.5. The van der Waals surface area contributed by atoms with Gasteiger partial charge >= 0.3 is 0 Å². The Kier molecular flexibility index (Phi) is 5.86. The maximum absolute atomic E-state index is 12.1. The van der Waals surface area contributed by atoms with E-state index in [2.05, 4.69) is 26.0 Å². The number of para-hydroxylation sites is 2. The number of carbonyl (C=O) groups excluding carboxylic acids is 1. The average molecular weight is 402 g/mol. The lowest BCUT2D eigenvalue weighted by atomic mass is 10.2. The van der Waals surface area contributed by atoms with Crippen LogP contribution in [0, 0.1) is 10.1 Å². The van der Waals surface area contributed by atoms with Crippen LogP contribution in [0.25, 0.3) is 0 Å². The van der Waals surface area contributed by atoms with Gasteiger partial charge in [-0.05, 0) is 18.2 Å². The number of carbonyl (C=O) groups is 1. The van der Waals surface area contributed by atoms with E-state index in [9.17, 15) is 14.9 Å². The number of amides is 1. The van der Waals surface area contributed by atoms with Crippen LogP contribution in [0.15, 0.2) is 57.3 Å². The summed E-state index contributed by atoms with van der Waals surface area (Å²) in [5.41, 5.74) is 2.53. The molecule has 12 nitrogen and oxygen atoms in total. The molecule has 0 radical (unpaired) electrons. The second-order valence-corrected chi connectivity index (χ2v) is 6.12. The van der Waals surface area contributed by atoms with Crippen molar-refractivity contribution < 1.29 is 14.1 Å². The highest BCUT2D eigenvalue weighted by Gasteiger charge is 2.16. The van der Waals surface area contributed by atoms with Crippen LogP contribution >= 0.6 is 11.8 Å². The highest BCUT2D eigenvalue weighted by molar-refractivity contribution is 7.99. The smallest absolute Gasteiger partial charge is 0.292 e. The van der Waals surface area contributed by atoms with E-state index in [1.54, 1.807) is 18.2 Å². The third-order valence-electron chi connectivity index (χ3n) is 3.27. The van der Waals surface area contributed by atoms with Gasteiger partial charge in [0.25, 0.3) is 11.6 Å². The Morgan fingerprint density at radius 1 is 1.36 bits per heavy atom. The molecule has 144 valence electrons. The van der Waals surface area contributed by atoms with E-state index < -0.39 is 10.8 Å². The van der Waals surface area contributed by atoms with Crippen LogP contribution < -0.4 is 16.6 Å². The summed E-state index contributed by atoms with van der Waals surface area (Å²) < 4.78 is 6.22. The number of anilines is 2. The van der Waals surface area contributed by atoms with Gasteiger partial charge in [0, 0.05) is 6.07 Å². The largest absolute Gasteiger partial charge is 0.463 e. The molecule has 2 heterocycles. The fourth-order valence-electron chi connectivity index (χ4n) is 2.03. The first kappa shape index (κ1) is 18.9. The van der Waals surface area contributed by atoms with Crippen molar-refractivity contribution in [2.45, 2.75) is 5.16 Å². The first-order chi connectivity index (χ1) is 13.5. The van der Waals surface area contributed by atoms with Gasteiger partial charge in [-0.3, -0.25) is 14.9 Å². The number of benzene rings is 1. The monoisotopic (exact) mass is 402 g/mol. The molecule has 3 rings (SSSR count). The fraction of sp³-hybridized carbons (Fsp3) is 0.0667. The van der Waals surface area contributed by atoms with E-state index in [1.165, 1.54) is 30.7 Å². The highest BCUT2D eigenvalue weighted by Crippen LogP contribution is 2.24. The normalized spacial score (nSPS) is 10.9. The number of nitrogens with zero attached hydrogens (tertiary/aromatic N) is 5. The SMILES string of the molecule is Nn1c(N/N=C/c2ccco2)nnc1SCC(=O)Nc1ccccc1[N+](=O)[O-]. The van der Waals surface area contributed by atoms with Gasteiger partial charge in [0.15, 0.2) is 0 Å². The summed E-state index contributed by atoms with van der Waals surface area (Å²) in [5.74, 6) is 6.03. The zero-order valence-electron chi connectivity index (χ0n) is 14.2. The van der Waals surface area contributed by atoms with Gasteiger partial charge in [0.05, 0.1) is 23.2 Å². The van der Waals surface area contributed by atoms with Crippen molar-refractivity contribution in [2.24, 2.45) is 5.10 Å². The molecule has 0 aliphatic rings. The average Bonchev–Trinajstić information content (AvgIpc) is 3.31. The number of nitro benzene ring substituents is 1. The van der Waals surface area contributed by atoms with E-state index >= 15 is 0 Å². The molecule has 28 heavy (non-hydrogen) atoms. The van der Waals surface area contributed by atoms with Gasteiger partial charge < -0.3 is 15.6 Å². The Labute approximate surface area is 161 Å². The minimum atomic E-state index is -0.569. The molecule has 0 unspecified atom stereocenters. The van der Waals surface area contributed by atoms with Gasteiger partial charge in [0.2, 0.25) is 11.1 Å². The number of hydrogen-bond donors (Lipinski definition) is 3. The summed E-state index contributed by atoms with van der Waals surface area (Å²) in [7, 11) is 0. The van der Waals surface area contributed by atoms with Crippen LogP contribution in [-0.4, -0.2) is 37.7 Å². The van der Waals surface area contributed by atoms with E-state index in [-0.39, 0.29) is 28.2 Å². The van der Waals surface area contributed by atoms with E-state index in [1.807, 2.05) is 0 Å². The lowest BCUT2D eigenvalue weighted by Crippen LogP contribution is -2.17. The van der Waals surface area contributed by atoms with Gasteiger partial charge in [-0.1, -0.05) is 23.9 Å². The van der Waals surface area contributed by atoms with Crippen molar-refractivity contribution >= 4 is 41.2 Å². The zero-order valence-corrected chi connectivity index (χ0v) is 15.0. The van der Waals surface area contributed by atoms with Crippen molar-refractivity contribution in [3.05, 3.63) is 58.5 Å². The summed E-state index contributed by atoms with van der Waals surface area (Å²) >= 11 is 1.01. The Hall–Kier alpha value is -3.87. The Morgan fingerprint density at radius 3 is 2.93 bits per heavy atom. The molecule has 0 spiro atoms. The molecule has 3 aromatic rings. The van der Waals surface area contributed by atoms with Gasteiger partial charge in [0.1, 0.15) is 11.4 Å².